The number of rotatable bonds is 3. The van der Waals surface area contributed by atoms with E-state index < -0.39 is 17.8 Å². The largest absolute Gasteiger partial charge is 0.433 e. The lowest BCUT2D eigenvalue weighted by Gasteiger charge is -2.13. The number of pyridine rings is 1. The summed E-state index contributed by atoms with van der Waals surface area (Å²) in [6, 6.07) is 8.45. The molecule has 0 unspecified atom stereocenters. The van der Waals surface area contributed by atoms with Gasteiger partial charge in [-0.1, -0.05) is 12.1 Å². The van der Waals surface area contributed by atoms with Crippen LogP contribution in [0.4, 0.5) is 24.7 Å². The van der Waals surface area contributed by atoms with E-state index in [1.165, 1.54) is 0 Å². The molecule has 1 aromatic carbocycles. The number of carbonyl (C=O) groups excluding carboxylic acids is 1. The Morgan fingerprint density at radius 2 is 1.86 bits per heavy atom. The number of carbonyl (C=O) groups is 1. The Kier molecular flexibility index (Phi) is 4.17. The van der Waals surface area contributed by atoms with Gasteiger partial charge < -0.3 is 11.1 Å². The Morgan fingerprint density at radius 1 is 1.19 bits per heavy atom. The number of benzene rings is 1. The number of halogens is 4. The third-order valence-corrected chi connectivity index (χ3v) is 3.27. The molecule has 4 nitrogen and oxygen atoms in total. The van der Waals surface area contributed by atoms with Gasteiger partial charge in [-0.15, -0.1) is 0 Å². The normalized spacial score (nSPS) is 11.2. The Hall–Kier alpha value is -2.09. The van der Waals surface area contributed by atoms with Gasteiger partial charge in [0.2, 0.25) is 0 Å². The van der Waals surface area contributed by atoms with E-state index in [-0.39, 0.29) is 11.4 Å². The smallest absolute Gasteiger partial charge is 0.365 e. The van der Waals surface area contributed by atoms with Crippen molar-refractivity contribution < 1.29 is 18.0 Å². The number of anilines is 2. The number of para-hydroxylation sites is 1. The monoisotopic (exact) mass is 359 g/mol. The molecule has 2 rings (SSSR count). The number of primary amides is 1. The van der Waals surface area contributed by atoms with Gasteiger partial charge in [-0.3, -0.25) is 4.79 Å². The van der Waals surface area contributed by atoms with Gasteiger partial charge in [-0.25, -0.2) is 4.98 Å². The van der Waals surface area contributed by atoms with Gasteiger partial charge in [0, 0.05) is 4.47 Å². The maximum atomic E-state index is 12.7. The molecule has 3 N–H and O–H groups in total. The first-order valence-electron chi connectivity index (χ1n) is 5.68. The number of aromatic nitrogens is 1. The highest BCUT2D eigenvalue weighted by molar-refractivity contribution is 9.10. The molecule has 2 aromatic rings. The van der Waals surface area contributed by atoms with E-state index >= 15 is 0 Å². The van der Waals surface area contributed by atoms with Crippen LogP contribution < -0.4 is 11.1 Å². The molecule has 1 aromatic heterocycles. The molecule has 110 valence electrons. The van der Waals surface area contributed by atoms with Gasteiger partial charge >= 0.3 is 6.18 Å². The number of alkyl halides is 3. The summed E-state index contributed by atoms with van der Waals surface area (Å²) in [5.41, 5.74) is 4.38. The highest BCUT2D eigenvalue weighted by atomic mass is 79.9. The van der Waals surface area contributed by atoms with Crippen molar-refractivity contribution in [3.63, 3.8) is 0 Å². The van der Waals surface area contributed by atoms with Crippen LogP contribution in [0.2, 0.25) is 0 Å². The molecule has 0 fully saturated rings. The van der Waals surface area contributed by atoms with Crippen LogP contribution in [0.1, 0.15) is 16.1 Å². The van der Waals surface area contributed by atoms with E-state index in [4.69, 9.17) is 5.73 Å². The Balaban J connectivity index is 2.49. The summed E-state index contributed by atoms with van der Waals surface area (Å²) in [6.45, 7) is 0. The average molecular weight is 360 g/mol. The van der Waals surface area contributed by atoms with Crippen molar-refractivity contribution in [3.05, 3.63) is 52.1 Å². The molecule has 1 amide bonds. The van der Waals surface area contributed by atoms with Crippen molar-refractivity contribution in [3.8, 4) is 0 Å². The van der Waals surface area contributed by atoms with Crippen molar-refractivity contribution in [2.75, 3.05) is 5.32 Å². The Labute approximate surface area is 126 Å². The lowest BCUT2D eigenvalue weighted by molar-refractivity contribution is -0.141. The third-order valence-electron chi connectivity index (χ3n) is 2.58. The van der Waals surface area contributed by atoms with Crippen molar-refractivity contribution in [1.29, 1.82) is 0 Å². The van der Waals surface area contributed by atoms with Crippen LogP contribution in [-0.2, 0) is 6.18 Å². The predicted molar refractivity (Wildman–Crippen MR) is 75.2 cm³/mol. The molecule has 0 radical (unpaired) electrons. The van der Waals surface area contributed by atoms with E-state index in [9.17, 15) is 18.0 Å². The number of nitrogens with two attached hydrogens (primary N) is 1. The van der Waals surface area contributed by atoms with Gasteiger partial charge in [0.15, 0.2) is 0 Å². The SMILES string of the molecule is NC(=O)c1ccc(C(F)(F)F)nc1Nc1ccccc1Br. The highest BCUT2D eigenvalue weighted by Crippen LogP contribution is 2.31. The van der Waals surface area contributed by atoms with Crippen LogP contribution in [-0.4, -0.2) is 10.9 Å². The Morgan fingerprint density at radius 3 is 2.43 bits per heavy atom. The fraction of sp³-hybridized carbons (Fsp3) is 0.0769. The van der Waals surface area contributed by atoms with Gasteiger partial charge in [0.1, 0.15) is 11.5 Å². The quantitative estimate of drug-likeness (QED) is 0.877. The van der Waals surface area contributed by atoms with Crippen molar-refractivity contribution in [2.45, 2.75) is 6.18 Å². The second kappa shape index (κ2) is 5.72. The molecule has 0 saturated heterocycles. The van der Waals surface area contributed by atoms with Gasteiger partial charge in [0.25, 0.3) is 5.91 Å². The molecule has 0 bridgehead atoms. The zero-order valence-corrected chi connectivity index (χ0v) is 12.0. The molecule has 21 heavy (non-hydrogen) atoms. The van der Waals surface area contributed by atoms with E-state index in [1.54, 1.807) is 24.3 Å². The van der Waals surface area contributed by atoms with E-state index in [1.807, 2.05) is 0 Å². The van der Waals surface area contributed by atoms with Gasteiger partial charge in [0.05, 0.1) is 11.3 Å². The first kappa shape index (κ1) is 15.3. The van der Waals surface area contributed by atoms with E-state index in [2.05, 4.69) is 26.2 Å². The standard InChI is InChI=1S/C13H9BrF3N3O/c14-8-3-1-2-4-9(8)19-12-7(11(18)21)5-6-10(20-12)13(15,16)17/h1-6H,(H2,18,21)(H,19,20). The molecule has 1 heterocycles. The number of hydrogen-bond donors (Lipinski definition) is 2. The summed E-state index contributed by atoms with van der Waals surface area (Å²) < 4.78 is 38.7. The number of nitrogens with zero attached hydrogens (tertiary/aromatic N) is 1. The minimum Gasteiger partial charge on any atom is -0.365 e. The maximum absolute atomic E-state index is 12.7. The molecule has 8 heteroatoms. The molecule has 0 atom stereocenters. The highest BCUT2D eigenvalue weighted by Gasteiger charge is 2.33. The summed E-state index contributed by atoms with van der Waals surface area (Å²) in [5.74, 6) is -1.12. The maximum Gasteiger partial charge on any atom is 0.433 e. The zero-order chi connectivity index (χ0) is 15.6. The summed E-state index contributed by atoms with van der Waals surface area (Å²) >= 11 is 3.24. The molecule has 0 aliphatic rings. The van der Waals surface area contributed by atoms with Crippen LogP contribution in [0.15, 0.2) is 40.9 Å². The topological polar surface area (TPSA) is 68.0 Å². The molecule has 0 aliphatic heterocycles. The summed E-state index contributed by atoms with van der Waals surface area (Å²) in [4.78, 5) is 14.8. The first-order valence-corrected chi connectivity index (χ1v) is 6.48. The minimum atomic E-state index is -4.61. The minimum absolute atomic E-state index is 0.126. The van der Waals surface area contributed by atoms with Gasteiger partial charge in [-0.2, -0.15) is 13.2 Å². The molecule has 0 spiro atoms. The first-order chi connectivity index (χ1) is 9.79. The van der Waals surface area contributed by atoms with Crippen LogP contribution in [0.3, 0.4) is 0 Å². The third kappa shape index (κ3) is 3.52. The molecule has 0 aliphatic carbocycles. The summed E-state index contributed by atoms with van der Waals surface area (Å²) in [7, 11) is 0. The summed E-state index contributed by atoms with van der Waals surface area (Å²) in [5, 5.41) is 2.68. The fourth-order valence-corrected chi connectivity index (χ4v) is 1.99. The van der Waals surface area contributed by atoms with Crippen LogP contribution in [0.25, 0.3) is 0 Å². The van der Waals surface area contributed by atoms with Crippen LogP contribution >= 0.6 is 15.9 Å². The number of nitrogens with one attached hydrogen (secondary N) is 1. The van der Waals surface area contributed by atoms with Crippen molar-refractivity contribution in [2.24, 2.45) is 5.73 Å². The average Bonchev–Trinajstić information content (AvgIpc) is 2.40. The molecule has 0 saturated carbocycles. The van der Waals surface area contributed by atoms with E-state index in [0.717, 1.165) is 6.07 Å². The Bertz CT molecular complexity index is 689. The number of hydrogen-bond acceptors (Lipinski definition) is 3. The second-order valence-corrected chi connectivity index (χ2v) is 4.91. The predicted octanol–water partition coefficient (Wildman–Crippen LogP) is 3.71. The zero-order valence-electron chi connectivity index (χ0n) is 10.4. The van der Waals surface area contributed by atoms with Crippen LogP contribution in [0, 0.1) is 0 Å². The molecular weight excluding hydrogens is 351 g/mol. The lowest BCUT2D eigenvalue weighted by Crippen LogP contribution is -2.17. The fourth-order valence-electron chi connectivity index (χ4n) is 1.60. The van der Waals surface area contributed by atoms with Crippen molar-refractivity contribution in [1.82, 2.24) is 4.98 Å². The molecular formula is C13H9BrF3N3O. The van der Waals surface area contributed by atoms with Gasteiger partial charge in [-0.05, 0) is 40.2 Å². The van der Waals surface area contributed by atoms with E-state index in [0.29, 0.717) is 16.2 Å². The summed E-state index contributed by atoms with van der Waals surface area (Å²) in [6.07, 6.45) is -4.61. The second-order valence-electron chi connectivity index (χ2n) is 4.06. The number of amides is 1. The van der Waals surface area contributed by atoms with Crippen molar-refractivity contribution >= 4 is 33.3 Å². The van der Waals surface area contributed by atoms with Crippen LogP contribution in [0.5, 0.6) is 0 Å². The lowest BCUT2D eigenvalue weighted by atomic mass is 10.2.